The van der Waals surface area contributed by atoms with Crippen LogP contribution >= 0.6 is 0 Å². The predicted octanol–water partition coefficient (Wildman–Crippen LogP) is 1.91. The molecule has 1 aromatic carbocycles. The summed E-state index contributed by atoms with van der Waals surface area (Å²) in [5, 5.41) is 2.98. The molecule has 0 spiro atoms. The Morgan fingerprint density at radius 2 is 2.06 bits per heavy atom. The van der Waals surface area contributed by atoms with Gasteiger partial charge < -0.3 is 14.8 Å². The maximum Gasteiger partial charge on any atom is 0.231 e. The number of hydrogen-bond acceptors (Lipinski definition) is 5. The standard InChI is InChI=1S/C12H11N3O2/c1-13-11-4-5-14-12(15-11)8-2-3-9-10(6-8)17-7-16-9/h2-6H,7H2,1H3,(H,13,14,15). The van der Waals surface area contributed by atoms with Crippen molar-refractivity contribution >= 4 is 5.82 Å². The Morgan fingerprint density at radius 1 is 1.18 bits per heavy atom. The molecule has 3 rings (SSSR count). The molecule has 0 aliphatic carbocycles. The van der Waals surface area contributed by atoms with Crippen LogP contribution in [0.15, 0.2) is 30.5 Å². The minimum absolute atomic E-state index is 0.274. The molecule has 5 heteroatoms. The Balaban J connectivity index is 2.03. The second-order valence-corrected chi connectivity index (χ2v) is 3.58. The Bertz CT molecular complexity index is 557. The summed E-state index contributed by atoms with van der Waals surface area (Å²) in [4.78, 5) is 8.60. The number of aromatic nitrogens is 2. The first-order valence-corrected chi connectivity index (χ1v) is 5.27. The van der Waals surface area contributed by atoms with Gasteiger partial charge in [0.2, 0.25) is 6.79 Å². The molecule has 1 aliphatic rings. The molecular formula is C12H11N3O2. The van der Waals surface area contributed by atoms with Gasteiger partial charge in [0, 0.05) is 18.8 Å². The lowest BCUT2D eigenvalue weighted by molar-refractivity contribution is 0.174. The molecule has 0 unspecified atom stereocenters. The van der Waals surface area contributed by atoms with Crippen molar-refractivity contribution in [3.63, 3.8) is 0 Å². The van der Waals surface area contributed by atoms with Gasteiger partial charge in [-0.2, -0.15) is 0 Å². The molecule has 86 valence electrons. The van der Waals surface area contributed by atoms with E-state index >= 15 is 0 Å². The van der Waals surface area contributed by atoms with Crippen LogP contribution in [-0.2, 0) is 0 Å². The van der Waals surface area contributed by atoms with Gasteiger partial charge in [0.15, 0.2) is 17.3 Å². The van der Waals surface area contributed by atoms with Crippen LogP contribution < -0.4 is 14.8 Å². The SMILES string of the molecule is CNc1ccnc(-c2ccc3c(c2)OCO3)n1. The van der Waals surface area contributed by atoms with Crippen molar-refractivity contribution in [2.75, 3.05) is 19.2 Å². The van der Waals surface area contributed by atoms with E-state index in [1.807, 2.05) is 31.3 Å². The molecule has 5 nitrogen and oxygen atoms in total. The highest BCUT2D eigenvalue weighted by Gasteiger charge is 2.14. The van der Waals surface area contributed by atoms with Crippen LogP contribution in [0.3, 0.4) is 0 Å². The number of benzene rings is 1. The fourth-order valence-electron chi connectivity index (χ4n) is 1.67. The number of nitrogens with one attached hydrogen (secondary N) is 1. The topological polar surface area (TPSA) is 56.3 Å². The van der Waals surface area contributed by atoms with E-state index in [4.69, 9.17) is 9.47 Å². The third-order valence-electron chi connectivity index (χ3n) is 2.54. The number of hydrogen-bond donors (Lipinski definition) is 1. The maximum atomic E-state index is 5.32. The fraction of sp³-hybridized carbons (Fsp3) is 0.167. The van der Waals surface area contributed by atoms with Crippen LogP contribution in [-0.4, -0.2) is 23.8 Å². The Kier molecular flexibility index (Phi) is 2.29. The third-order valence-corrected chi connectivity index (χ3v) is 2.54. The highest BCUT2D eigenvalue weighted by atomic mass is 16.7. The highest BCUT2D eigenvalue weighted by molar-refractivity contribution is 5.62. The zero-order valence-electron chi connectivity index (χ0n) is 9.30. The van der Waals surface area contributed by atoms with Crippen LogP contribution in [0, 0.1) is 0 Å². The van der Waals surface area contributed by atoms with E-state index in [0.717, 1.165) is 22.9 Å². The lowest BCUT2D eigenvalue weighted by atomic mass is 10.2. The Hall–Kier alpha value is -2.30. The molecule has 2 aromatic rings. The van der Waals surface area contributed by atoms with E-state index in [9.17, 15) is 0 Å². The second-order valence-electron chi connectivity index (χ2n) is 3.58. The van der Waals surface area contributed by atoms with E-state index in [1.165, 1.54) is 0 Å². The van der Waals surface area contributed by atoms with E-state index in [0.29, 0.717) is 5.82 Å². The summed E-state index contributed by atoms with van der Waals surface area (Å²) in [6.45, 7) is 0.274. The first-order chi connectivity index (χ1) is 8.36. The van der Waals surface area contributed by atoms with E-state index < -0.39 is 0 Å². The number of ether oxygens (including phenoxy) is 2. The highest BCUT2D eigenvalue weighted by Crippen LogP contribution is 2.34. The minimum Gasteiger partial charge on any atom is -0.454 e. The van der Waals surface area contributed by atoms with Crippen LogP contribution in [0.25, 0.3) is 11.4 Å². The molecule has 1 N–H and O–H groups in total. The number of anilines is 1. The van der Waals surface area contributed by atoms with Crippen molar-refractivity contribution in [1.29, 1.82) is 0 Å². The molecule has 0 atom stereocenters. The average molecular weight is 229 g/mol. The molecule has 2 heterocycles. The Morgan fingerprint density at radius 3 is 2.94 bits per heavy atom. The molecule has 0 saturated heterocycles. The summed E-state index contributed by atoms with van der Waals surface area (Å²) < 4.78 is 10.6. The molecule has 0 radical (unpaired) electrons. The number of nitrogens with zero attached hydrogens (tertiary/aromatic N) is 2. The molecule has 1 aliphatic heterocycles. The van der Waals surface area contributed by atoms with Gasteiger partial charge in [0.05, 0.1) is 0 Å². The van der Waals surface area contributed by atoms with E-state index in [1.54, 1.807) is 6.20 Å². The second kappa shape index (κ2) is 3.93. The molecule has 17 heavy (non-hydrogen) atoms. The molecule has 0 bridgehead atoms. The zero-order valence-corrected chi connectivity index (χ0v) is 9.30. The van der Waals surface area contributed by atoms with Gasteiger partial charge in [0.1, 0.15) is 5.82 Å². The van der Waals surface area contributed by atoms with Crippen LogP contribution in [0.5, 0.6) is 11.5 Å². The largest absolute Gasteiger partial charge is 0.454 e. The number of rotatable bonds is 2. The van der Waals surface area contributed by atoms with Crippen LogP contribution in [0.4, 0.5) is 5.82 Å². The fourth-order valence-corrected chi connectivity index (χ4v) is 1.67. The van der Waals surface area contributed by atoms with E-state index in [2.05, 4.69) is 15.3 Å². The van der Waals surface area contributed by atoms with E-state index in [-0.39, 0.29) is 6.79 Å². The molecule has 0 fully saturated rings. The van der Waals surface area contributed by atoms with Crippen molar-refractivity contribution in [3.8, 4) is 22.9 Å². The Labute approximate surface area is 98.4 Å². The maximum absolute atomic E-state index is 5.32. The number of fused-ring (bicyclic) bond motifs is 1. The summed E-state index contributed by atoms with van der Waals surface area (Å²) in [7, 11) is 1.83. The van der Waals surface area contributed by atoms with Crippen LogP contribution in [0.2, 0.25) is 0 Å². The first kappa shape index (κ1) is 9.89. The normalized spacial score (nSPS) is 12.5. The van der Waals surface area contributed by atoms with Gasteiger partial charge in [-0.15, -0.1) is 0 Å². The van der Waals surface area contributed by atoms with Gasteiger partial charge in [-0.05, 0) is 24.3 Å². The summed E-state index contributed by atoms with van der Waals surface area (Å²) >= 11 is 0. The molecule has 0 amide bonds. The minimum atomic E-state index is 0.274. The van der Waals surface area contributed by atoms with Gasteiger partial charge in [-0.3, -0.25) is 0 Å². The lowest BCUT2D eigenvalue weighted by Gasteiger charge is -2.04. The lowest BCUT2D eigenvalue weighted by Crippen LogP contribution is -1.95. The zero-order chi connectivity index (χ0) is 11.7. The predicted molar refractivity (Wildman–Crippen MR) is 63.1 cm³/mol. The first-order valence-electron chi connectivity index (χ1n) is 5.27. The van der Waals surface area contributed by atoms with Gasteiger partial charge in [-0.25, -0.2) is 9.97 Å². The average Bonchev–Trinajstić information content (AvgIpc) is 2.86. The smallest absolute Gasteiger partial charge is 0.231 e. The van der Waals surface area contributed by atoms with Gasteiger partial charge in [-0.1, -0.05) is 0 Å². The summed E-state index contributed by atoms with van der Waals surface area (Å²) in [5.74, 6) is 2.95. The van der Waals surface area contributed by atoms with Crippen molar-refractivity contribution in [2.24, 2.45) is 0 Å². The third kappa shape index (κ3) is 1.75. The van der Waals surface area contributed by atoms with Crippen molar-refractivity contribution in [2.45, 2.75) is 0 Å². The van der Waals surface area contributed by atoms with Gasteiger partial charge in [0.25, 0.3) is 0 Å². The van der Waals surface area contributed by atoms with Crippen molar-refractivity contribution in [1.82, 2.24) is 9.97 Å². The summed E-state index contributed by atoms with van der Waals surface area (Å²) in [5.41, 5.74) is 0.909. The summed E-state index contributed by atoms with van der Waals surface area (Å²) in [6, 6.07) is 7.49. The monoisotopic (exact) mass is 229 g/mol. The molecule has 1 aromatic heterocycles. The van der Waals surface area contributed by atoms with Crippen molar-refractivity contribution < 1.29 is 9.47 Å². The van der Waals surface area contributed by atoms with Crippen LogP contribution in [0.1, 0.15) is 0 Å². The van der Waals surface area contributed by atoms with Crippen molar-refractivity contribution in [3.05, 3.63) is 30.5 Å². The molecule has 0 saturated carbocycles. The quantitative estimate of drug-likeness (QED) is 0.852. The summed E-state index contributed by atoms with van der Waals surface area (Å²) in [6.07, 6.45) is 1.72. The molecular weight excluding hydrogens is 218 g/mol. The van der Waals surface area contributed by atoms with Gasteiger partial charge >= 0.3 is 0 Å².